The number of hydrogen-bond donors (Lipinski definition) is 1. The van der Waals surface area contributed by atoms with Gasteiger partial charge in [0.1, 0.15) is 0 Å². The van der Waals surface area contributed by atoms with Crippen molar-refractivity contribution in [2.24, 2.45) is 0 Å². The molecule has 1 aliphatic carbocycles. The van der Waals surface area contributed by atoms with Gasteiger partial charge in [0, 0.05) is 12.1 Å². The molecule has 1 aliphatic rings. The van der Waals surface area contributed by atoms with Crippen molar-refractivity contribution in [3.8, 4) is 0 Å². The fourth-order valence-electron chi connectivity index (χ4n) is 3.26. The minimum Gasteiger partial charge on any atom is -0.481 e. The van der Waals surface area contributed by atoms with Crippen molar-refractivity contribution in [3.63, 3.8) is 0 Å². The zero-order valence-electron chi connectivity index (χ0n) is 11.8. The topological polar surface area (TPSA) is 40.5 Å². The van der Waals surface area contributed by atoms with Crippen molar-refractivity contribution in [2.75, 3.05) is 6.54 Å². The molecule has 0 spiro atoms. The Balaban J connectivity index is 2.07. The molecule has 3 heteroatoms. The van der Waals surface area contributed by atoms with Gasteiger partial charge in [-0.2, -0.15) is 0 Å². The van der Waals surface area contributed by atoms with Gasteiger partial charge in [-0.15, -0.1) is 0 Å². The molecule has 0 bridgehead atoms. The third-order valence-electron chi connectivity index (χ3n) is 4.19. The lowest BCUT2D eigenvalue weighted by Crippen LogP contribution is -2.45. The van der Waals surface area contributed by atoms with Crippen LogP contribution in [-0.4, -0.2) is 34.6 Å². The van der Waals surface area contributed by atoms with Crippen LogP contribution in [0.15, 0.2) is 24.3 Å². The van der Waals surface area contributed by atoms with Gasteiger partial charge in [0.05, 0.1) is 6.42 Å². The summed E-state index contributed by atoms with van der Waals surface area (Å²) in [4.78, 5) is 13.2. The zero-order chi connectivity index (χ0) is 13.8. The summed E-state index contributed by atoms with van der Waals surface area (Å²) in [6.45, 7) is 5.07. The van der Waals surface area contributed by atoms with Gasteiger partial charge in [-0.1, -0.05) is 31.2 Å². The maximum Gasteiger partial charge on any atom is 0.304 e. The van der Waals surface area contributed by atoms with E-state index in [2.05, 4.69) is 36.1 Å². The first-order chi connectivity index (χ1) is 9.11. The van der Waals surface area contributed by atoms with Crippen LogP contribution in [0.3, 0.4) is 0 Å². The lowest BCUT2D eigenvalue weighted by atomic mass is 9.87. The molecule has 1 aromatic carbocycles. The van der Waals surface area contributed by atoms with Crippen molar-refractivity contribution >= 4 is 5.97 Å². The number of carboxylic acid groups (broad SMARTS) is 1. The van der Waals surface area contributed by atoms with Crippen LogP contribution in [0, 0.1) is 0 Å². The lowest BCUT2D eigenvalue weighted by Gasteiger charge is -2.38. The van der Waals surface area contributed by atoms with Crippen molar-refractivity contribution in [1.29, 1.82) is 0 Å². The molecule has 104 valence electrons. The molecule has 0 saturated heterocycles. The summed E-state index contributed by atoms with van der Waals surface area (Å²) in [5.41, 5.74) is 2.89. The number of likely N-dealkylation sites (N-methyl/N-ethyl adjacent to an activating group) is 1. The van der Waals surface area contributed by atoms with E-state index in [0.717, 1.165) is 25.8 Å². The number of nitrogens with zero attached hydrogens (tertiary/aromatic N) is 1. The normalized spacial score (nSPS) is 20.1. The Morgan fingerprint density at radius 1 is 1.42 bits per heavy atom. The third-order valence-corrected chi connectivity index (χ3v) is 4.19. The van der Waals surface area contributed by atoms with Crippen molar-refractivity contribution in [1.82, 2.24) is 4.90 Å². The Hall–Kier alpha value is -1.35. The van der Waals surface area contributed by atoms with Crippen LogP contribution in [0.5, 0.6) is 0 Å². The van der Waals surface area contributed by atoms with Gasteiger partial charge in [-0.05, 0) is 43.9 Å². The average molecular weight is 261 g/mol. The van der Waals surface area contributed by atoms with Gasteiger partial charge in [-0.3, -0.25) is 9.69 Å². The van der Waals surface area contributed by atoms with E-state index in [9.17, 15) is 4.79 Å². The fraction of sp³-hybridized carbons (Fsp3) is 0.562. The predicted molar refractivity (Wildman–Crippen MR) is 76.3 cm³/mol. The number of benzene rings is 1. The maximum atomic E-state index is 10.9. The summed E-state index contributed by atoms with van der Waals surface area (Å²) in [5, 5.41) is 8.96. The average Bonchev–Trinajstić information content (AvgIpc) is 2.38. The number of carboxylic acids is 1. The molecule has 0 fully saturated rings. The van der Waals surface area contributed by atoms with Crippen LogP contribution >= 0.6 is 0 Å². The molecule has 3 nitrogen and oxygen atoms in total. The molecule has 0 amide bonds. The van der Waals surface area contributed by atoms with Gasteiger partial charge in [0.15, 0.2) is 0 Å². The standard InChI is InChI=1S/C16H23NO2/c1-3-17(12(2)10-16(18)19)15-9-8-13-6-4-5-7-14(13)11-15/h4-7,12,15H,3,8-11H2,1-2H3,(H,18,19). The molecule has 1 N–H and O–H groups in total. The number of aryl methyl sites for hydroxylation is 1. The second-order valence-corrected chi connectivity index (χ2v) is 5.44. The Morgan fingerprint density at radius 2 is 2.11 bits per heavy atom. The SMILES string of the molecule is CCN(C(C)CC(=O)O)C1CCc2ccccc2C1. The van der Waals surface area contributed by atoms with Gasteiger partial charge in [0.25, 0.3) is 0 Å². The van der Waals surface area contributed by atoms with E-state index >= 15 is 0 Å². The first-order valence-electron chi connectivity index (χ1n) is 7.16. The summed E-state index contributed by atoms with van der Waals surface area (Å²) in [6.07, 6.45) is 3.52. The van der Waals surface area contributed by atoms with Gasteiger partial charge in [0.2, 0.25) is 0 Å². The van der Waals surface area contributed by atoms with Gasteiger partial charge >= 0.3 is 5.97 Å². The Labute approximate surface area is 115 Å². The van der Waals surface area contributed by atoms with Crippen LogP contribution in [0.4, 0.5) is 0 Å². The van der Waals surface area contributed by atoms with E-state index < -0.39 is 5.97 Å². The second kappa shape index (κ2) is 6.20. The van der Waals surface area contributed by atoms with Crippen LogP contribution < -0.4 is 0 Å². The third kappa shape index (κ3) is 3.35. The first kappa shape index (κ1) is 14.1. The zero-order valence-corrected chi connectivity index (χ0v) is 11.8. The molecule has 1 aromatic rings. The van der Waals surface area contributed by atoms with Gasteiger partial charge in [-0.25, -0.2) is 0 Å². The van der Waals surface area contributed by atoms with E-state index in [1.54, 1.807) is 0 Å². The number of rotatable bonds is 5. The summed E-state index contributed by atoms with van der Waals surface area (Å²) in [6, 6.07) is 9.20. The highest BCUT2D eigenvalue weighted by Gasteiger charge is 2.27. The molecule has 0 heterocycles. The molecular weight excluding hydrogens is 238 g/mol. The Morgan fingerprint density at radius 3 is 2.74 bits per heavy atom. The van der Waals surface area contributed by atoms with Crippen LogP contribution in [0.25, 0.3) is 0 Å². The molecule has 2 atom stereocenters. The molecule has 2 unspecified atom stereocenters. The number of carbonyl (C=O) groups is 1. The van der Waals surface area contributed by atoms with Crippen molar-refractivity contribution in [2.45, 2.75) is 51.6 Å². The van der Waals surface area contributed by atoms with E-state index in [0.29, 0.717) is 6.04 Å². The summed E-state index contributed by atoms with van der Waals surface area (Å²) in [7, 11) is 0. The number of hydrogen-bond acceptors (Lipinski definition) is 2. The molecule has 2 rings (SSSR count). The van der Waals surface area contributed by atoms with Crippen molar-refractivity contribution in [3.05, 3.63) is 35.4 Å². The van der Waals surface area contributed by atoms with Crippen LogP contribution in [-0.2, 0) is 17.6 Å². The number of fused-ring (bicyclic) bond motifs is 1. The highest BCUT2D eigenvalue weighted by Crippen LogP contribution is 2.26. The first-order valence-corrected chi connectivity index (χ1v) is 7.16. The van der Waals surface area contributed by atoms with Crippen molar-refractivity contribution < 1.29 is 9.90 Å². The molecule has 0 aliphatic heterocycles. The maximum absolute atomic E-state index is 10.9. The van der Waals surface area contributed by atoms with Gasteiger partial charge < -0.3 is 5.11 Å². The van der Waals surface area contributed by atoms with Crippen LogP contribution in [0.1, 0.15) is 37.8 Å². The molecule has 0 saturated carbocycles. The quantitative estimate of drug-likeness (QED) is 0.886. The minimum absolute atomic E-state index is 0.109. The van der Waals surface area contributed by atoms with E-state index in [-0.39, 0.29) is 12.5 Å². The van der Waals surface area contributed by atoms with E-state index in [1.807, 2.05) is 6.92 Å². The molecule has 0 aromatic heterocycles. The van der Waals surface area contributed by atoms with Crippen LogP contribution in [0.2, 0.25) is 0 Å². The Bertz CT molecular complexity index is 444. The molecule has 0 radical (unpaired) electrons. The monoisotopic (exact) mass is 261 g/mol. The number of aliphatic carboxylic acids is 1. The smallest absolute Gasteiger partial charge is 0.304 e. The predicted octanol–water partition coefficient (Wildman–Crippen LogP) is 2.73. The highest BCUT2D eigenvalue weighted by atomic mass is 16.4. The lowest BCUT2D eigenvalue weighted by molar-refractivity contribution is -0.138. The fourth-order valence-corrected chi connectivity index (χ4v) is 3.26. The van der Waals surface area contributed by atoms with E-state index in [1.165, 1.54) is 11.1 Å². The minimum atomic E-state index is -0.706. The summed E-state index contributed by atoms with van der Waals surface area (Å²) < 4.78 is 0. The molecular formula is C16H23NO2. The Kier molecular flexibility index (Phi) is 4.59. The summed E-state index contributed by atoms with van der Waals surface area (Å²) >= 11 is 0. The second-order valence-electron chi connectivity index (χ2n) is 5.44. The summed E-state index contributed by atoms with van der Waals surface area (Å²) in [5.74, 6) is -0.706. The van der Waals surface area contributed by atoms with E-state index in [4.69, 9.17) is 5.11 Å². The molecule has 19 heavy (non-hydrogen) atoms. The largest absolute Gasteiger partial charge is 0.481 e. The highest BCUT2D eigenvalue weighted by molar-refractivity contribution is 5.67.